The normalized spacial score (nSPS) is 23.5. The Labute approximate surface area is 124 Å². The van der Waals surface area contributed by atoms with Gasteiger partial charge in [-0.15, -0.1) is 11.3 Å². The Kier molecular flexibility index (Phi) is 4.86. The van der Waals surface area contributed by atoms with Crippen LogP contribution in [0, 0.1) is 0 Å². The summed E-state index contributed by atoms with van der Waals surface area (Å²) in [6, 6.07) is 3.68. The minimum atomic E-state index is -3.11. The molecular formula is C14H21NO3S2. The van der Waals surface area contributed by atoms with Crippen molar-refractivity contribution in [1.29, 1.82) is 0 Å². The van der Waals surface area contributed by atoms with Crippen LogP contribution in [-0.2, 0) is 21.1 Å². The van der Waals surface area contributed by atoms with Crippen LogP contribution in [0.25, 0.3) is 0 Å². The molecule has 1 heterocycles. The van der Waals surface area contributed by atoms with E-state index in [0.717, 1.165) is 24.1 Å². The molecule has 1 amide bonds. The highest BCUT2D eigenvalue weighted by Crippen LogP contribution is 2.28. The number of hydrogen-bond acceptors (Lipinski definition) is 4. The first-order chi connectivity index (χ1) is 9.39. The fourth-order valence-electron chi connectivity index (χ4n) is 2.89. The molecule has 2 rings (SSSR count). The summed E-state index contributed by atoms with van der Waals surface area (Å²) < 4.78 is 23.8. The predicted octanol–water partition coefficient (Wildman–Crippen LogP) is 2.10. The van der Waals surface area contributed by atoms with Gasteiger partial charge in [-0.2, -0.15) is 0 Å². The maximum atomic E-state index is 12.3. The Morgan fingerprint density at radius 2 is 2.10 bits per heavy atom. The van der Waals surface area contributed by atoms with E-state index in [9.17, 15) is 13.2 Å². The Balaban J connectivity index is 2.09. The second kappa shape index (κ2) is 6.26. The van der Waals surface area contributed by atoms with E-state index < -0.39 is 15.1 Å². The summed E-state index contributed by atoms with van der Waals surface area (Å²) in [5.41, 5.74) is 0. The van der Waals surface area contributed by atoms with Crippen molar-refractivity contribution < 1.29 is 13.2 Å². The first kappa shape index (κ1) is 15.5. The lowest BCUT2D eigenvalue weighted by Gasteiger charge is -2.37. The fraction of sp³-hybridized carbons (Fsp3) is 0.643. The molecule has 1 aromatic rings. The van der Waals surface area contributed by atoms with Crippen molar-refractivity contribution in [2.75, 3.05) is 13.3 Å². The van der Waals surface area contributed by atoms with Crippen molar-refractivity contribution in [1.82, 2.24) is 4.90 Å². The molecule has 112 valence electrons. The predicted molar refractivity (Wildman–Crippen MR) is 81.7 cm³/mol. The largest absolute Gasteiger partial charge is 0.341 e. The molecule has 2 atom stereocenters. The van der Waals surface area contributed by atoms with Gasteiger partial charge in [0.1, 0.15) is 0 Å². The smallest absolute Gasteiger partial charge is 0.227 e. The summed E-state index contributed by atoms with van der Waals surface area (Å²) in [5, 5.41) is 1.54. The molecule has 1 fully saturated rings. The molecule has 0 spiro atoms. The SMILES string of the molecule is CN(C(=O)Cc1cccs1)[C@H]1CCCC[C@H]1S(C)(=O)=O. The minimum Gasteiger partial charge on any atom is -0.341 e. The van der Waals surface area contributed by atoms with Crippen molar-refractivity contribution in [3.05, 3.63) is 22.4 Å². The average Bonchev–Trinajstić information content (AvgIpc) is 2.89. The van der Waals surface area contributed by atoms with Crippen LogP contribution in [0.5, 0.6) is 0 Å². The van der Waals surface area contributed by atoms with Gasteiger partial charge in [0, 0.05) is 24.2 Å². The molecular weight excluding hydrogens is 294 g/mol. The topological polar surface area (TPSA) is 54.5 Å². The summed E-state index contributed by atoms with van der Waals surface area (Å²) in [4.78, 5) is 15.0. The monoisotopic (exact) mass is 315 g/mol. The molecule has 1 saturated carbocycles. The summed E-state index contributed by atoms with van der Waals surface area (Å²) in [6.07, 6.45) is 5.02. The lowest BCUT2D eigenvalue weighted by Crippen LogP contribution is -2.49. The van der Waals surface area contributed by atoms with Crippen LogP contribution in [0.1, 0.15) is 30.6 Å². The molecule has 0 radical (unpaired) electrons. The van der Waals surface area contributed by atoms with Gasteiger partial charge in [0.2, 0.25) is 5.91 Å². The lowest BCUT2D eigenvalue weighted by atomic mass is 9.93. The number of thiophene rings is 1. The molecule has 4 nitrogen and oxygen atoms in total. The third-order valence-electron chi connectivity index (χ3n) is 4.01. The van der Waals surface area contributed by atoms with E-state index in [1.54, 1.807) is 23.3 Å². The molecule has 0 unspecified atom stereocenters. The number of likely N-dealkylation sites (N-methyl/N-ethyl adjacent to an activating group) is 1. The number of carbonyl (C=O) groups is 1. The summed E-state index contributed by atoms with van der Waals surface area (Å²) >= 11 is 1.56. The standard InChI is InChI=1S/C14H21NO3S2/c1-15(14(16)10-11-6-5-9-19-11)12-7-3-4-8-13(12)20(2,17)18/h5-6,9,12-13H,3-4,7-8,10H2,1-2H3/t12-,13+/m0/s1. The number of hydrogen-bond donors (Lipinski definition) is 0. The van der Waals surface area contributed by atoms with Crippen molar-refractivity contribution in [3.63, 3.8) is 0 Å². The number of amides is 1. The van der Waals surface area contributed by atoms with Gasteiger partial charge in [-0.1, -0.05) is 18.9 Å². The molecule has 0 N–H and O–H groups in total. The van der Waals surface area contributed by atoms with E-state index in [1.165, 1.54) is 6.26 Å². The molecule has 1 aromatic heterocycles. The Morgan fingerprint density at radius 3 is 2.70 bits per heavy atom. The summed E-state index contributed by atoms with van der Waals surface area (Å²) in [7, 11) is -1.37. The van der Waals surface area contributed by atoms with Crippen molar-refractivity contribution in [2.24, 2.45) is 0 Å². The van der Waals surface area contributed by atoms with Gasteiger partial charge in [0.15, 0.2) is 9.84 Å². The van der Waals surface area contributed by atoms with Gasteiger partial charge in [0.25, 0.3) is 0 Å². The zero-order valence-corrected chi connectivity index (χ0v) is 13.5. The van der Waals surface area contributed by atoms with E-state index in [-0.39, 0.29) is 11.9 Å². The van der Waals surface area contributed by atoms with E-state index in [4.69, 9.17) is 0 Å². The van der Waals surface area contributed by atoms with Crippen molar-refractivity contribution >= 4 is 27.1 Å². The van der Waals surface area contributed by atoms with Crippen LogP contribution in [0.2, 0.25) is 0 Å². The number of rotatable bonds is 4. The van der Waals surface area contributed by atoms with Crippen molar-refractivity contribution in [3.8, 4) is 0 Å². The highest BCUT2D eigenvalue weighted by Gasteiger charge is 2.36. The summed E-state index contributed by atoms with van der Waals surface area (Å²) in [5.74, 6) is 0.00741. The van der Waals surface area contributed by atoms with E-state index in [2.05, 4.69) is 0 Å². The molecule has 0 aromatic carbocycles. The first-order valence-electron chi connectivity index (χ1n) is 6.86. The zero-order valence-electron chi connectivity index (χ0n) is 11.9. The molecule has 0 saturated heterocycles. The summed E-state index contributed by atoms with van der Waals surface area (Å²) in [6.45, 7) is 0. The van der Waals surface area contributed by atoms with Crippen LogP contribution in [-0.4, -0.2) is 43.8 Å². The maximum Gasteiger partial charge on any atom is 0.227 e. The maximum absolute atomic E-state index is 12.3. The van der Waals surface area contributed by atoms with Gasteiger partial charge in [0.05, 0.1) is 11.7 Å². The lowest BCUT2D eigenvalue weighted by molar-refractivity contribution is -0.131. The van der Waals surface area contributed by atoms with Crippen molar-refractivity contribution in [2.45, 2.75) is 43.4 Å². The van der Waals surface area contributed by atoms with Crippen LogP contribution < -0.4 is 0 Å². The van der Waals surface area contributed by atoms with Crippen LogP contribution >= 0.6 is 11.3 Å². The second-order valence-corrected chi connectivity index (χ2v) is 8.78. The van der Waals surface area contributed by atoms with Gasteiger partial charge < -0.3 is 4.90 Å². The van der Waals surface area contributed by atoms with Gasteiger partial charge in [-0.3, -0.25) is 4.79 Å². The Hall–Kier alpha value is -0.880. The quantitative estimate of drug-likeness (QED) is 0.855. The number of carbonyl (C=O) groups excluding carboxylic acids is 1. The number of nitrogens with zero attached hydrogens (tertiary/aromatic N) is 1. The molecule has 0 bridgehead atoms. The Bertz CT molecular complexity index is 551. The molecule has 6 heteroatoms. The van der Waals surface area contributed by atoms with Crippen LogP contribution in [0.4, 0.5) is 0 Å². The third-order valence-corrected chi connectivity index (χ3v) is 6.54. The molecule has 1 aliphatic carbocycles. The highest BCUT2D eigenvalue weighted by molar-refractivity contribution is 7.91. The zero-order chi connectivity index (χ0) is 14.8. The van der Waals surface area contributed by atoms with Gasteiger partial charge in [-0.25, -0.2) is 8.42 Å². The van der Waals surface area contributed by atoms with Crippen LogP contribution in [0.15, 0.2) is 17.5 Å². The van der Waals surface area contributed by atoms with E-state index >= 15 is 0 Å². The van der Waals surface area contributed by atoms with Gasteiger partial charge in [-0.05, 0) is 24.3 Å². The second-order valence-electron chi connectivity index (χ2n) is 5.48. The average molecular weight is 315 g/mol. The van der Waals surface area contributed by atoms with Gasteiger partial charge >= 0.3 is 0 Å². The highest BCUT2D eigenvalue weighted by atomic mass is 32.2. The van der Waals surface area contributed by atoms with E-state index in [1.807, 2.05) is 17.5 Å². The molecule has 20 heavy (non-hydrogen) atoms. The van der Waals surface area contributed by atoms with E-state index in [0.29, 0.717) is 12.8 Å². The fourth-order valence-corrected chi connectivity index (χ4v) is 5.07. The minimum absolute atomic E-state index is 0.00741. The number of sulfone groups is 1. The Morgan fingerprint density at radius 1 is 1.40 bits per heavy atom. The third kappa shape index (κ3) is 3.61. The molecule has 1 aliphatic rings. The molecule has 0 aliphatic heterocycles. The first-order valence-corrected chi connectivity index (χ1v) is 9.70. The van der Waals surface area contributed by atoms with Crippen LogP contribution in [0.3, 0.4) is 0 Å².